The average Bonchev–Trinajstić information content (AvgIpc) is 2.70. The Balaban J connectivity index is 2.45. The molecule has 3 nitrogen and oxygen atoms in total. The van der Waals surface area contributed by atoms with E-state index >= 15 is 0 Å². The van der Waals surface area contributed by atoms with E-state index in [-0.39, 0.29) is 11.7 Å². The van der Waals surface area contributed by atoms with Gasteiger partial charge >= 0.3 is 0 Å². The minimum absolute atomic E-state index is 0.132. The second-order valence-corrected chi connectivity index (χ2v) is 4.69. The zero-order valence-corrected chi connectivity index (χ0v) is 11.5. The topological polar surface area (TPSA) is 46.2 Å². The number of unbranched alkanes of at least 4 members (excludes halogenated alkanes) is 1. The number of fused-ring (bicyclic) bond motifs is 1. The molecule has 1 aliphatic rings. The summed E-state index contributed by atoms with van der Waals surface area (Å²) in [6.07, 6.45) is 2.81. The van der Waals surface area contributed by atoms with E-state index in [9.17, 15) is 9.59 Å². The Morgan fingerprint density at radius 3 is 2.47 bits per heavy atom. The van der Waals surface area contributed by atoms with Gasteiger partial charge in [0.25, 0.3) is 5.91 Å². The number of rotatable bonds is 5. The van der Waals surface area contributed by atoms with Gasteiger partial charge in [0.1, 0.15) is 0 Å². The summed E-state index contributed by atoms with van der Waals surface area (Å²) in [4.78, 5) is 24.5. The highest BCUT2D eigenvalue weighted by atomic mass is 16.2. The molecule has 100 valence electrons. The van der Waals surface area contributed by atoms with Crippen molar-refractivity contribution in [2.45, 2.75) is 33.1 Å². The zero-order chi connectivity index (χ0) is 13.8. The van der Waals surface area contributed by atoms with Crippen molar-refractivity contribution in [3.63, 3.8) is 0 Å². The number of amides is 1. The summed E-state index contributed by atoms with van der Waals surface area (Å²) >= 11 is 0. The molecule has 1 N–H and O–H groups in total. The Bertz CT molecular complexity index is 543. The Kier molecular flexibility index (Phi) is 4.15. The quantitative estimate of drug-likeness (QED) is 0.824. The molecule has 2 rings (SSSR count). The molecule has 0 saturated heterocycles. The van der Waals surface area contributed by atoms with Gasteiger partial charge in [0.2, 0.25) is 0 Å². The number of benzene rings is 1. The van der Waals surface area contributed by atoms with Gasteiger partial charge in [-0.2, -0.15) is 0 Å². The second-order valence-electron chi connectivity index (χ2n) is 4.69. The fraction of sp³-hybridized carbons (Fsp3) is 0.375. The molecule has 1 amide bonds. The van der Waals surface area contributed by atoms with Gasteiger partial charge in [-0.05, 0) is 30.9 Å². The van der Waals surface area contributed by atoms with Crippen LogP contribution in [0.2, 0.25) is 0 Å². The van der Waals surface area contributed by atoms with Crippen LogP contribution in [0.15, 0.2) is 29.8 Å². The molecule has 0 spiro atoms. The van der Waals surface area contributed by atoms with E-state index in [1.165, 1.54) is 0 Å². The number of carbonyl (C=O) groups excluding carboxylic acids is 2. The van der Waals surface area contributed by atoms with Crippen LogP contribution < -0.4 is 5.32 Å². The third-order valence-corrected chi connectivity index (χ3v) is 3.37. The van der Waals surface area contributed by atoms with Crippen molar-refractivity contribution < 1.29 is 9.59 Å². The number of Topliss-reactive ketones (excluding diaryl/α,β-unsaturated/α-hetero) is 1. The fourth-order valence-electron chi connectivity index (χ4n) is 2.45. The molecule has 0 bridgehead atoms. The standard InChI is InChI=1S/C16H19NO2/c1-3-5-8-12-11-9-6-7-10-13(11)15(18)14(12)16(19)17-4-2/h6-7,9-10H,3-5,8H2,1-2H3,(H,17,19). The maximum atomic E-state index is 12.4. The van der Waals surface area contributed by atoms with Crippen LogP contribution in [-0.2, 0) is 4.79 Å². The van der Waals surface area contributed by atoms with Crippen LogP contribution in [0.5, 0.6) is 0 Å². The van der Waals surface area contributed by atoms with E-state index in [1.54, 1.807) is 6.07 Å². The summed E-state index contributed by atoms with van der Waals surface area (Å²) in [5.41, 5.74) is 2.85. The summed E-state index contributed by atoms with van der Waals surface area (Å²) in [5, 5.41) is 2.74. The number of hydrogen-bond acceptors (Lipinski definition) is 2. The molecule has 0 atom stereocenters. The Morgan fingerprint density at radius 1 is 1.16 bits per heavy atom. The molecular weight excluding hydrogens is 238 g/mol. The highest BCUT2D eigenvalue weighted by Gasteiger charge is 2.32. The highest BCUT2D eigenvalue weighted by molar-refractivity contribution is 6.34. The minimum atomic E-state index is -0.241. The van der Waals surface area contributed by atoms with Gasteiger partial charge in [-0.1, -0.05) is 37.6 Å². The third kappa shape index (κ3) is 2.46. The summed E-state index contributed by atoms with van der Waals surface area (Å²) < 4.78 is 0. The minimum Gasteiger partial charge on any atom is -0.352 e. The lowest BCUT2D eigenvalue weighted by Gasteiger charge is -2.07. The van der Waals surface area contributed by atoms with Crippen LogP contribution in [0.25, 0.3) is 5.57 Å². The zero-order valence-electron chi connectivity index (χ0n) is 11.5. The lowest BCUT2D eigenvalue weighted by Crippen LogP contribution is -2.27. The van der Waals surface area contributed by atoms with Gasteiger partial charge in [0.15, 0.2) is 5.78 Å². The van der Waals surface area contributed by atoms with Crippen molar-refractivity contribution in [3.8, 4) is 0 Å². The molecule has 1 aromatic carbocycles. The van der Waals surface area contributed by atoms with Crippen LogP contribution in [0.1, 0.15) is 49.0 Å². The van der Waals surface area contributed by atoms with Crippen LogP contribution >= 0.6 is 0 Å². The predicted molar refractivity (Wildman–Crippen MR) is 75.9 cm³/mol. The Morgan fingerprint density at radius 2 is 1.84 bits per heavy atom. The van der Waals surface area contributed by atoms with Crippen molar-refractivity contribution in [1.29, 1.82) is 0 Å². The van der Waals surface area contributed by atoms with Crippen molar-refractivity contribution in [2.24, 2.45) is 0 Å². The Hall–Kier alpha value is -1.90. The van der Waals surface area contributed by atoms with E-state index in [1.807, 2.05) is 25.1 Å². The molecule has 0 unspecified atom stereocenters. The first-order chi connectivity index (χ1) is 9.20. The first kappa shape index (κ1) is 13.5. The van der Waals surface area contributed by atoms with Gasteiger partial charge in [-0.3, -0.25) is 9.59 Å². The third-order valence-electron chi connectivity index (χ3n) is 3.37. The number of nitrogens with one attached hydrogen (secondary N) is 1. The SMILES string of the molecule is CCCCC1=C(C(=O)NCC)C(=O)c2ccccc21. The monoisotopic (exact) mass is 257 g/mol. The summed E-state index contributed by atoms with van der Waals surface area (Å²) in [5.74, 6) is -0.373. The van der Waals surface area contributed by atoms with Gasteiger partial charge in [0, 0.05) is 12.1 Å². The first-order valence-corrected chi connectivity index (χ1v) is 6.86. The lowest BCUT2D eigenvalue weighted by atomic mass is 10.00. The van der Waals surface area contributed by atoms with Crippen LogP contribution in [-0.4, -0.2) is 18.2 Å². The van der Waals surface area contributed by atoms with E-state index in [0.29, 0.717) is 17.7 Å². The van der Waals surface area contributed by atoms with Crippen LogP contribution in [0.4, 0.5) is 0 Å². The van der Waals surface area contributed by atoms with Crippen molar-refractivity contribution in [2.75, 3.05) is 6.54 Å². The van der Waals surface area contributed by atoms with E-state index in [0.717, 1.165) is 30.4 Å². The molecule has 3 heteroatoms. The van der Waals surface area contributed by atoms with Crippen LogP contribution in [0, 0.1) is 0 Å². The van der Waals surface area contributed by atoms with E-state index < -0.39 is 0 Å². The average molecular weight is 257 g/mol. The molecule has 0 saturated carbocycles. The summed E-state index contributed by atoms with van der Waals surface area (Å²) in [6.45, 7) is 4.50. The van der Waals surface area contributed by atoms with Gasteiger partial charge in [-0.25, -0.2) is 0 Å². The number of likely N-dealkylation sites (N-methyl/N-ethyl adjacent to an activating group) is 1. The van der Waals surface area contributed by atoms with Gasteiger partial charge in [0.05, 0.1) is 5.57 Å². The fourth-order valence-corrected chi connectivity index (χ4v) is 2.45. The van der Waals surface area contributed by atoms with Crippen molar-refractivity contribution in [1.82, 2.24) is 5.32 Å². The molecule has 0 radical (unpaired) electrons. The molecular formula is C16H19NO2. The number of allylic oxidation sites excluding steroid dienone is 1. The number of carbonyl (C=O) groups is 2. The molecule has 19 heavy (non-hydrogen) atoms. The molecule has 0 aliphatic heterocycles. The first-order valence-electron chi connectivity index (χ1n) is 6.86. The maximum absolute atomic E-state index is 12.4. The van der Waals surface area contributed by atoms with E-state index in [4.69, 9.17) is 0 Å². The maximum Gasteiger partial charge on any atom is 0.255 e. The highest BCUT2D eigenvalue weighted by Crippen LogP contribution is 2.35. The largest absolute Gasteiger partial charge is 0.352 e. The van der Waals surface area contributed by atoms with Crippen molar-refractivity contribution >= 4 is 17.3 Å². The van der Waals surface area contributed by atoms with E-state index in [2.05, 4.69) is 12.2 Å². The second kappa shape index (κ2) is 5.83. The van der Waals surface area contributed by atoms with Crippen LogP contribution in [0.3, 0.4) is 0 Å². The van der Waals surface area contributed by atoms with Crippen molar-refractivity contribution in [3.05, 3.63) is 41.0 Å². The molecule has 0 heterocycles. The van der Waals surface area contributed by atoms with Gasteiger partial charge < -0.3 is 5.32 Å². The molecule has 0 fully saturated rings. The number of hydrogen-bond donors (Lipinski definition) is 1. The normalized spacial score (nSPS) is 13.7. The lowest BCUT2D eigenvalue weighted by molar-refractivity contribution is -0.117. The smallest absolute Gasteiger partial charge is 0.255 e. The predicted octanol–water partition coefficient (Wildman–Crippen LogP) is 2.96. The van der Waals surface area contributed by atoms with Gasteiger partial charge in [-0.15, -0.1) is 0 Å². The molecule has 1 aliphatic carbocycles. The summed E-state index contributed by atoms with van der Waals surface area (Å²) in [6, 6.07) is 7.49. The Labute approximate surface area is 113 Å². The molecule has 1 aromatic rings. The number of ketones is 1. The molecule has 0 aromatic heterocycles. The summed E-state index contributed by atoms with van der Waals surface area (Å²) in [7, 11) is 0.